The quantitative estimate of drug-likeness (QED) is 0.711. The van der Waals surface area contributed by atoms with Crippen LogP contribution in [0.1, 0.15) is 28.9 Å². The van der Waals surface area contributed by atoms with Crippen LogP contribution in [0, 0.1) is 0 Å². The van der Waals surface area contributed by atoms with Crippen molar-refractivity contribution in [3.8, 4) is 5.75 Å². The molecule has 0 fully saturated rings. The summed E-state index contributed by atoms with van der Waals surface area (Å²) in [6, 6.07) is 13.9. The minimum atomic E-state index is -0.310. The lowest BCUT2D eigenvalue weighted by Crippen LogP contribution is -2.35. The number of ether oxygens (including phenoxy) is 1. The van der Waals surface area contributed by atoms with E-state index in [9.17, 15) is 14.7 Å². The Morgan fingerprint density at radius 1 is 1.19 bits per heavy atom. The molecule has 0 heterocycles. The van der Waals surface area contributed by atoms with Gasteiger partial charge in [-0.25, -0.2) is 0 Å². The molecule has 6 heteroatoms. The number of hydrogen-bond donors (Lipinski definition) is 2. The number of carbonyl (C=O) groups is 2. The van der Waals surface area contributed by atoms with Crippen LogP contribution in [0.4, 0.5) is 5.69 Å². The van der Waals surface area contributed by atoms with Gasteiger partial charge in [-0.1, -0.05) is 24.3 Å². The summed E-state index contributed by atoms with van der Waals surface area (Å²) in [5.74, 6) is 0.453. The van der Waals surface area contributed by atoms with Gasteiger partial charge in [0.1, 0.15) is 5.75 Å². The van der Waals surface area contributed by atoms with Crippen molar-refractivity contribution in [2.75, 3.05) is 32.6 Å². The topological polar surface area (TPSA) is 78.9 Å². The minimum absolute atomic E-state index is 0.0573. The van der Waals surface area contributed by atoms with Gasteiger partial charge < -0.3 is 15.2 Å². The molecule has 2 rings (SSSR count). The zero-order valence-electron chi connectivity index (χ0n) is 15.2. The van der Waals surface area contributed by atoms with Crippen molar-refractivity contribution >= 4 is 17.4 Å². The second-order valence-electron chi connectivity index (χ2n) is 6.07. The Morgan fingerprint density at radius 2 is 1.88 bits per heavy atom. The standard InChI is InChI=1S/C20H24N2O4/c1-14(24)16-5-4-6-17(11-16)21-20(25)12-22(2)19(13-23)15-7-9-18(26-3)10-8-15/h4-11,19,23H,12-13H2,1-3H3,(H,21,25). The first kappa shape index (κ1) is 19.6. The number of methoxy groups -OCH3 is 1. The van der Waals surface area contributed by atoms with Crippen molar-refractivity contribution in [3.05, 3.63) is 59.7 Å². The van der Waals surface area contributed by atoms with E-state index in [0.717, 1.165) is 11.3 Å². The molecule has 2 N–H and O–H groups in total. The van der Waals surface area contributed by atoms with Crippen LogP contribution in [-0.4, -0.2) is 49.0 Å². The van der Waals surface area contributed by atoms with Crippen molar-refractivity contribution < 1.29 is 19.4 Å². The molecule has 0 saturated heterocycles. The number of carbonyl (C=O) groups excluding carboxylic acids is 2. The van der Waals surface area contributed by atoms with Crippen molar-refractivity contribution in [2.24, 2.45) is 0 Å². The van der Waals surface area contributed by atoms with Gasteiger partial charge in [-0.3, -0.25) is 14.5 Å². The summed E-state index contributed by atoms with van der Waals surface area (Å²) in [6.07, 6.45) is 0. The number of nitrogens with zero attached hydrogens (tertiary/aromatic N) is 1. The van der Waals surface area contributed by atoms with Crippen molar-refractivity contribution in [3.63, 3.8) is 0 Å². The average Bonchev–Trinajstić information content (AvgIpc) is 2.63. The Hall–Kier alpha value is -2.70. The number of rotatable bonds is 8. The van der Waals surface area contributed by atoms with Crippen LogP contribution in [0.3, 0.4) is 0 Å². The molecule has 0 aromatic heterocycles. The summed E-state index contributed by atoms with van der Waals surface area (Å²) in [7, 11) is 3.37. The van der Waals surface area contributed by atoms with E-state index in [1.54, 1.807) is 43.3 Å². The summed E-state index contributed by atoms with van der Waals surface area (Å²) in [5, 5.41) is 12.5. The fraction of sp³-hybridized carbons (Fsp3) is 0.300. The maximum atomic E-state index is 12.3. The molecule has 138 valence electrons. The zero-order valence-corrected chi connectivity index (χ0v) is 15.2. The Kier molecular flexibility index (Phi) is 6.89. The molecule has 2 aromatic carbocycles. The molecule has 6 nitrogen and oxygen atoms in total. The van der Waals surface area contributed by atoms with Crippen LogP contribution >= 0.6 is 0 Å². The minimum Gasteiger partial charge on any atom is -0.497 e. The number of nitrogens with one attached hydrogen (secondary N) is 1. The third-order valence-corrected chi connectivity index (χ3v) is 4.15. The predicted octanol–water partition coefficient (Wildman–Crippen LogP) is 2.50. The fourth-order valence-corrected chi connectivity index (χ4v) is 2.68. The van der Waals surface area contributed by atoms with E-state index >= 15 is 0 Å². The molecule has 26 heavy (non-hydrogen) atoms. The highest BCUT2D eigenvalue weighted by molar-refractivity contribution is 5.97. The second kappa shape index (κ2) is 9.12. The third-order valence-electron chi connectivity index (χ3n) is 4.15. The maximum absolute atomic E-state index is 12.3. The van der Waals surface area contributed by atoms with Gasteiger partial charge in [-0.2, -0.15) is 0 Å². The van der Waals surface area contributed by atoms with Gasteiger partial charge in [0.2, 0.25) is 5.91 Å². The molecule has 1 atom stereocenters. The molecule has 0 bridgehead atoms. The predicted molar refractivity (Wildman–Crippen MR) is 101 cm³/mol. The van der Waals surface area contributed by atoms with Crippen molar-refractivity contribution in [2.45, 2.75) is 13.0 Å². The normalized spacial score (nSPS) is 11.9. The van der Waals surface area contributed by atoms with Crippen LogP contribution in [0.15, 0.2) is 48.5 Å². The molecule has 0 saturated carbocycles. The van der Waals surface area contributed by atoms with Crippen molar-refractivity contribution in [1.82, 2.24) is 4.90 Å². The molecule has 0 radical (unpaired) electrons. The van der Waals surface area contributed by atoms with Crippen LogP contribution in [-0.2, 0) is 4.79 Å². The van der Waals surface area contributed by atoms with Crippen LogP contribution in [0.5, 0.6) is 5.75 Å². The molecular weight excluding hydrogens is 332 g/mol. The van der Waals surface area contributed by atoms with E-state index in [0.29, 0.717) is 11.3 Å². The lowest BCUT2D eigenvalue weighted by Gasteiger charge is -2.26. The first-order valence-electron chi connectivity index (χ1n) is 8.30. The van der Waals surface area contributed by atoms with Gasteiger partial charge in [0.05, 0.1) is 26.3 Å². The number of hydrogen-bond acceptors (Lipinski definition) is 5. The fourth-order valence-electron chi connectivity index (χ4n) is 2.68. The maximum Gasteiger partial charge on any atom is 0.238 e. The van der Waals surface area contributed by atoms with E-state index in [2.05, 4.69) is 5.32 Å². The van der Waals surface area contributed by atoms with E-state index in [1.165, 1.54) is 6.92 Å². The zero-order chi connectivity index (χ0) is 19.1. The first-order chi connectivity index (χ1) is 12.4. The summed E-state index contributed by atoms with van der Waals surface area (Å²) in [6.45, 7) is 1.47. The molecule has 0 aliphatic rings. The van der Waals surface area contributed by atoms with E-state index in [4.69, 9.17) is 4.74 Å². The lowest BCUT2D eigenvalue weighted by molar-refractivity contribution is -0.117. The van der Waals surface area contributed by atoms with Gasteiger partial charge in [0.25, 0.3) is 0 Å². The third kappa shape index (κ3) is 5.15. The van der Waals surface area contributed by atoms with E-state index in [1.807, 2.05) is 24.3 Å². The summed E-state index contributed by atoms with van der Waals surface area (Å²) >= 11 is 0. The molecular formula is C20H24N2O4. The average molecular weight is 356 g/mol. The number of aliphatic hydroxyl groups is 1. The Balaban J connectivity index is 2.02. The van der Waals surface area contributed by atoms with Crippen molar-refractivity contribution in [1.29, 1.82) is 0 Å². The number of amides is 1. The molecule has 1 amide bonds. The Morgan fingerprint density at radius 3 is 2.46 bits per heavy atom. The second-order valence-corrected chi connectivity index (χ2v) is 6.07. The molecule has 0 aliphatic heterocycles. The molecule has 1 unspecified atom stereocenters. The van der Waals surface area contributed by atoms with Gasteiger partial charge in [0.15, 0.2) is 5.78 Å². The van der Waals surface area contributed by atoms with Gasteiger partial charge >= 0.3 is 0 Å². The summed E-state index contributed by atoms with van der Waals surface area (Å²) < 4.78 is 5.14. The van der Waals surface area contributed by atoms with Gasteiger partial charge in [-0.15, -0.1) is 0 Å². The smallest absolute Gasteiger partial charge is 0.238 e. The Labute approximate surface area is 153 Å². The molecule has 0 aliphatic carbocycles. The molecule has 0 spiro atoms. The number of anilines is 1. The van der Waals surface area contributed by atoms with Gasteiger partial charge in [-0.05, 0) is 43.8 Å². The highest BCUT2D eigenvalue weighted by Crippen LogP contribution is 2.22. The monoisotopic (exact) mass is 356 g/mol. The summed E-state index contributed by atoms with van der Waals surface area (Å²) in [4.78, 5) is 25.5. The summed E-state index contributed by atoms with van der Waals surface area (Å²) in [5.41, 5.74) is 2.01. The van der Waals surface area contributed by atoms with E-state index < -0.39 is 0 Å². The first-order valence-corrected chi connectivity index (χ1v) is 8.30. The molecule has 2 aromatic rings. The number of aliphatic hydroxyl groups excluding tert-OH is 1. The lowest BCUT2D eigenvalue weighted by atomic mass is 10.1. The largest absolute Gasteiger partial charge is 0.497 e. The number of likely N-dealkylation sites (N-methyl/N-ethyl adjacent to an activating group) is 1. The SMILES string of the molecule is COc1ccc(C(CO)N(C)CC(=O)Nc2cccc(C(C)=O)c2)cc1. The van der Waals surface area contributed by atoms with Crippen LogP contribution in [0.2, 0.25) is 0 Å². The van der Waals surface area contributed by atoms with Crippen LogP contribution in [0.25, 0.3) is 0 Å². The number of Topliss-reactive ketones (excluding diaryl/α,β-unsaturated/α-hetero) is 1. The van der Waals surface area contributed by atoms with E-state index in [-0.39, 0.29) is 30.9 Å². The number of ketones is 1. The van der Waals surface area contributed by atoms with Gasteiger partial charge in [0, 0.05) is 11.3 Å². The Bertz CT molecular complexity index is 759. The highest BCUT2D eigenvalue weighted by atomic mass is 16.5. The van der Waals surface area contributed by atoms with Crippen LogP contribution < -0.4 is 10.1 Å². The highest BCUT2D eigenvalue weighted by Gasteiger charge is 2.19. The number of benzene rings is 2.